The number of hydrogen-bond donors (Lipinski definition) is 1. The highest BCUT2D eigenvalue weighted by atomic mass is 16.5. The maximum absolute atomic E-state index is 5.08. The van der Waals surface area contributed by atoms with Crippen LogP contribution in [0.5, 0.6) is 5.88 Å². The molecule has 0 radical (unpaired) electrons. The molecular weight excluding hydrogens is 190 g/mol. The van der Waals surface area contributed by atoms with E-state index < -0.39 is 0 Å². The van der Waals surface area contributed by atoms with Crippen molar-refractivity contribution in [1.82, 2.24) is 9.88 Å². The quantitative estimate of drug-likeness (QED) is 0.808. The number of nitrogens with one attached hydrogen (secondary N) is 1. The van der Waals surface area contributed by atoms with E-state index in [-0.39, 0.29) is 0 Å². The lowest BCUT2D eigenvalue weighted by Gasteiger charge is -2.14. The fourth-order valence-electron chi connectivity index (χ4n) is 1.90. The molecule has 0 aromatic carbocycles. The van der Waals surface area contributed by atoms with Gasteiger partial charge >= 0.3 is 0 Å². The van der Waals surface area contributed by atoms with Crippen molar-refractivity contribution in [1.29, 1.82) is 0 Å². The van der Waals surface area contributed by atoms with Crippen LogP contribution in [-0.4, -0.2) is 43.2 Å². The van der Waals surface area contributed by atoms with E-state index >= 15 is 0 Å². The van der Waals surface area contributed by atoms with Crippen molar-refractivity contribution in [3.63, 3.8) is 0 Å². The summed E-state index contributed by atoms with van der Waals surface area (Å²) in [5.74, 6) is 0.659. The number of aromatic nitrogens is 1. The van der Waals surface area contributed by atoms with Gasteiger partial charge in [-0.2, -0.15) is 0 Å². The normalized spacial score (nSPS) is 21.6. The third-order valence-corrected chi connectivity index (χ3v) is 2.71. The first kappa shape index (κ1) is 10.2. The predicted octanol–water partition coefficient (Wildman–Crippen LogP) is 1.21. The Kier molecular flexibility index (Phi) is 3.06. The van der Waals surface area contributed by atoms with E-state index in [2.05, 4.69) is 22.2 Å². The van der Waals surface area contributed by atoms with Crippen molar-refractivity contribution in [3.8, 4) is 5.88 Å². The van der Waals surface area contributed by atoms with Crippen LogP contribution in [0.25, 0.3) is 0 Å². The minimum absolute atomic E-state index is 0.544. The topological polar surface area (TPSA) is 37.4 Å². The van der Waals surface area contributed by atoms with Gasteiger partial charge in [0.15, 0.2) is 0 Å². The van der Waals surface area contributed by atoms with Gasteiger partial charge in [0.2, 0.25) is 5.88 Å². The molecule has 15 heavy (non-hydrogen) atoms. The van der Waals surface area contributed by atoms with Crippen molar-refractivity contribution in [2.45, 2.75) is 12.5 Å². The van der Waals surface area contributed by atoms with Crippen LogP contribution >= 0.6 is 0 Å². The SMILES string of the molecule is COc1cc(NC2CCN(C)C2)ccn1. The molecule has 4 heteroatoms. The zero-order valence-electron chi connectivity index (χ0n) is 9.23. The largest absolute Gasteiger partial charge is 0.481 e. The number of likely N-dealkylation sites (tertiary alicyclic amines) is 1. The van der Waals surface area contributed by atoms with Crippen molar-refractivity contribution in [3.05, 3.63) is 18.3 Å². The number of anilines is 1. The molecule has 1 N–H and O–H groups in total. The Morgan fingerprint density at radius 1 is 1.60 bits per heavy atom. The second-order valence-corrected chi connectivity index (χ2v) is 3.98. The first-order valence-corrected chi connectivity index (χ1v) is 5.23. The van der Waals surface area contributed by atoms with Crippen molar-refractivity contribution in [2.75, 3.05) is 32.6 Å². The predicted molar refractivity (Wildman–Crippen MR) is 60.3 cm³/mol. The van der Waals surface area contributed by atoms with Crippen LogP contribution in [0.2, 0.25) is 0 Å². The fourth-order valence-corrected chi connectivity index (χ4v) is 1.90. The molecule has 0 aliphatic carbocycles. The van der Waals surface area contributed by atoms with Crippen LogP contribution in [-0.2, 0) is 0 Å². The molecule has 2 rings (SSSR count). The number of nitrogens with zero attached hydrogens (tertiary/aromatic N) is 2. The van der Waals surface area contributed by atoms with Gasteiger partial charge in [0.1, 0.15) is 0 Å². The first-order chi connectivity index (χ1) is 7.28. The Morgan fingerprint density at radius 3 is 3.13 bits per heavy atom. The van der Waals surface area contributed by atoms with Gasteiger partial charge < -0.3 is 15.0 Å². The number of pyridine rings is 1. The second kappa shape index (κ2) is 4.49. The average Bonchev–Trinajstić information content (AvgIpc) is 2.64. The molecule has 82 valence electrons. The minimum atomic E-state index is 0.544. The van der Waals surface area contributed by atoms with E-state index in [9.17, 15) is 0 Å². The highest BCUT2D eigenvalue weighted by Gasteiger charge is 2.18. The third kappa shape index (κ3) is 2.59. The summed E-state index contributed by atoms with van der Waals surface area (Å²) in [6.45, 7) is 2.27. The molecule has 0 amide bonds. The van der Waals surface area contributed by atoms with Crippen LogP contribution in [0.3, 0.4) is 0 Å². The summed E-state index contributed by atoms with van der Waals surface area (Å²) in [7, 11) is 3.78. The Hall–Kier alpha value is -1.29. The van der Waals surface area contributed by atoms with Gasteiger partial charge in [-0.05, 0) is 26.1 Å². The second-order valence-electron chi connectivity index (χ2n) is 3.98. The van der Waals surface area contributed by atoms with Gasteiger partial charge in [0.05, 0.1) is 7.11 Å². The van der Waals surface area contributed by atoms with Crippen LogP contribution in [0.15, 0.2) is 18.3 Å². The number of hydrogen-bond acceptors (Lipinski definition) is 4. The first-order valence-electron chi connectivity index (χ1n) is 5.23. The van der Waals surface area contributed by atoms with Gasteiger partial charge in [-0.15, -0.1) is 0 Å². The number of rotatable bonds is 3. The molecule has 1 aromatic rings. The highest BCUT2D eigenvalue weighted by Crippen LogP contribution is 2.17. The van der Waals surface area contributed by atoms with E-state index in [1.165, 1.54) is 13.0 Å². The smallest absolute Gasteiger partial charge is 0.214 e. The van der Waals surface area contributed by atoms with Crippen molar-refractivity contribution >= 4 is 5.69 Å². The highest BCUT2D eigenvalue weighted by molar-refractivity contribution is 5.46. The summed E-state index contributed by atoms with van der Waals surface area (Å²) >= 11 is 0. The molecule has 1 atom stereocenters. The maximum atomic E-state index is 5.08. The van der Waals surface area contributed by atoms with Gasteiger partial charge in [-0.1, -0.05) is 0 Å². The van der Waals surface area contributed by atoms with Crippen LogP contribution in [0.1, 0.15) is 6.42 Å². The molecule has 0 spiro atoms. The van der Waals surface area contributed by atoms with Gasteiger partial charge in [0.25, 0.3) is 0 Å². The Bertz CT molecular complexity index is 329. The fraction of sp³-hybridized carbons (Fsp3) is 0.545. The minimum Gasteiger partial charge on any atom is -0.481 e. The van der Waals surface area contributed by atoms with Gasteiger partial charge in [0, 0.05) is 30.5 Å². The standard InChI is InChI=1S/C11H17N3O/c1-14-6-4-10(8-14)13-9-3-5-12-11(7-9)15-2/h3,5,7,10H,4,6,8H2,1-2H3,(H,12,13). The molecule has 1 fully saturated rings. The van der Waals surface area contributed by atoms with Crippen LogP contribution in [0, 0.1) is 0 Å². The molecule has 1 saturated heterocycles. The summed E-state index contributed by atoms with van der Waals surface area (Å²) in [6, 6.07) is 4.45. The molecular formula is C11H17N3O. The molecule has 0 bridgehead atoms. The van der Waals surface area contributed by atoms with E-state index in [1.807, 2.05) is 12.1 Å². The van der Waals surface area contributed by atoms with Crippen molar-refractivity contribution in [2.24, 2.45) is 0 Å². The lowest BCUT2D eigenvalue weighted by molar-refractivity contribution is 0.398. The Labute approximate surface area is 90.3 Å². The molecule has 0 saturated carbocycles. The third-order valence-electron chi connectivity index (χ3n) is 2.71. The number of methoxy groups -OCH3 is 1. The lowest BCUT2D eigenvalue weighted by atomic mass is 10.2. The van der Waals surface area contributed by atoms with E-state index in [4.69, 9.17) is 4.74 Å². The van der Waals surface area contributed by atoms with E-state index in [0.29, 0.717) is 11.9 Å². The Balaban J connectivity index is 1.98. The van der Waals surface area contributed by atoms with Crippen molar-refractivity contribution < 1.29 is 4.74 Å². The summed E-state index contributed by atoms with van der Waals surface area (Å²) < 4.78 is 5.08. The monoisotopic (exact) mass is 207 g/mol. The zero-order valence-corrected chi connectivity index (χ0v) is 9.23. The van der Waals surface area contributed by atoms with Crippen LogP contribution in [0.4, 0.5) is 5.69 Å². The molecule has 1 aliphatic heterocycles. The number of ether oxygens (including phenoxy) is 1. The van der Waals surface area contributed by atoms with E-state index in [0.717, 1.165) is 12.2 Å². The summed E-state index contributed by atoms with van der Waals surface area (Å²) in [5, 5.41) is 3.48. The average molecular weight is 207 g/mol. The number of likely N-dealkylation sites (N-methyl/N-ethyl adjacent to an activating group) is 1. The molecule has 1 aromatic heterocycles. The molecule has 4 nitrogen and oxygen atoms in total. The Morgan fingerprint density at radius 2 is 2.47 bits per heavy atom. The van der Waals surface area contributed by atoms with Gasteiger partial charge in [-0.25, -0.2) is 4.98 Å². The summed E-state index contributed by atoms with van der Waals surface area (Å²) in [4.78, 5) is 6.40. The summed E-state index contributed by atoms with van der Waals surface area (Å²) in [5.41, 5.74) is 1.09. The van der Waals surface area contributed by atoms with Crippen LogP contribution < -0.4 is 10.1 Å². The maximum Gasteiger partial charge on any atom is 0.214 e. The molecule has 1 aliphatic rings. The van der Waals surface area contributed by atoms with Gasteiger partial charge in [-0.3, -0.25) is 0 Å². The summed E-state index contributed by atoms with van der Waals surface area (Å²) in [6.07, 6.45) is 2.96. The molecule has 1 unspecified atom stereocenters. The lowest BCUT2D eigenvalue weighted by Crippen LogP contribution is -2.23. The van der Waals surface area contributed by atoms with E-state index in [1.54, 1.807) is 13.3 Å². The zero-order chi connectivity index (χ0) is 10.7. The molecule has 2 heterocycles.